The van der Waals surface area contributed by atoms with Gasteiger partial charge in [-0.2, -0.15) is 0 Å². The molecule has 1 heterocycles. The predicted molar refractivity (Wildman–Crippen MR) is 50.0 cm³/mol. The SMILES string of the molecule is CC(CCCO)Cc1ccc[nH]1. The van der Waals surface area contributed by atoms with Gasteiger partial charge in [-0.25, -0.2) is 0 Å². The maximum atomic E-state index is 8.63. The summed E-state index contributed by atoms with van der Waals surface area (Å²) >= 11 is 0. The van der Waals surface area contributed by atoms with E-state index in [1.807, 2.05) is 12.3 Å². The molecule has 0 saturated heterocycles. The van der Waals surface area contributed by atoms with Crippen LogP contribution in [0, 0.1) is 5.92 Å². The molecule has 1 aromatic heterocycles. The highest BCUT2D eigenvalue weighted by Gasteiger charge is 2.02. The van der Waals surface area contributed by atoms with Crippen molar-refractivity contribution in [1.82, 2.24) is 4.98 Å². The number of hydrogen-bond acceptors (Lipinski definition) is 1. The molecule has 0 radical (unpaired) electrons. The lowest BCUT2D eigenvalue weighted by molar-refractivity contribution is 0.273. The van der Waals surface area contributed by atoms with Crippen LogP contribution in [0.4, 0.5) is 0 Å². The molecule has 12 heavy (non-hydrogen) atoms. The van der Waals surface area contributed by atoms with E-state index >= 15 is 0 Å². The second kappa shape index (κ2) is 4.99. The average molecular weight is 167 g/mol. The molecule has 0 saturated carbocycles. The smallest absolute Gasteiger partial charge is 0.0431 e. The van der Waals surface area contributed by atoms with Crippen LogP contribution in [-0.4, -0.2) is 16.7 Å². The molecule has 68 valence electrons. The van der Waals surface area contributed by atoms with Crippen LogP contribution in [0.3, 0.4) is 0 Å². The highest BCUT2D eigenvalue weighted by atomic mass is 16.2. The molecule has 1 atom stereocenters. The standard InChI is InChI=1S/C10H17NO/c1-9(4-3-7-12)8-10-5-2-6-11-10/h2,5-6,9,11-12H,3-4,7-8H2,1H3. The van der Waals surface area contributed by atoms with Gasteiger partial charge in [0.25, 0.3) is 0 Å². The molecule has 2 nitrogen and oxygen atoms in total. The first-order chi connectivity index (χ1) is 5.83. The van der Waals surface area contributed by atoms with Gasteiger partial charge in [-0.15, -0.1) is 0 Å². The van der Waals surface area contributed by atoms with E-state index in [2.05, 4.69) is 18.0 Å². The largest absolute Gasteiger partial charge is 0.396 e. The second-order valence-corrected chi connectivity index (χ2v) is 3.37. The van der Waals surface area contributed by atoms with Gasteiger partial charge < -0.3 is 10.1 Å². The van der Waals surface area contributed by atoms with Gasteiger partial charge in [-0.3, -0.25) is 0 Å². The minimum absolute atomic E-state index is 0.315. The summed E-state index contributed by atoms with van der Waals surface area (Å²) in [5.41, 5.74) is 1.29. The van der Waals surface area contributed by atoms with Gasteiger partial charge in [0.1, 0.15) is 0 Å². The lowest BCUT2D eigenvalue weighted by atomic mass is 10.0. The third kappa shape index (κ3) is 3.09. The zero-order chi connectivity index (χ0) is 8.81. The lowest BCUT2D eigenvalue weighted by Gasteiger charge is -2.08. The van der Waals surface area contributed by atoms with E-state index in [-0.39, 0.29) is 0 Å². The minimum atomic E-state index is 0.315. The maximum absolute atomic E-state index is 8.63. The fourth-order valence-electron chi connectivity index (χ4n) is 1.41. The fourth-order valence-corrected chi connectivity index (χ4v) is 1.41. The summed E-state index contributed by atoms with van der Waals surface area (Å²) in [5, 5.41) is 8.63. The van der Waals surface area contributed by atoms with Crippen molar-refractivity contribution in [1.29, 1.82) is 0 Å². The Labute approximate surface area is 73.6 Å². The molecule has 0 amide bonds. The van der Waals surface area contributed by atoms with Crippen molar-refractivity contribution < 1.29 is 5.11 Å². The monoisotopic (exact) mass is 167 g/mol. The number of H-pyrrole nitrogens is 1. The van der Waals surface area contributed by atoms with E-state index in [1.54, 1.807) is 0 Å². The first kappa shape index (κ1) is 9.33. The Morgan fingerprint density at radius 2 is 2.42 bits per heavy atom. The van der Waals surface area contributed by atoms with Crippen molar-refractivity contribution >= 4 is 0 Å². The minimum Gasteiger partial charge on any atom is -0.396 e. The highest BCUT2D eigenvalue weighted by molar-refractivity contribution is 5.04. The van der Waals surface area contributed by atoms with Crippen LogP contribution in [0.2, 0.25) is 0 Å². The van der Waals surface area contributed by atoms with Crippen LogP contribution in [0.1, 0.15) is 25.5 Å². The number of aromatic amines is 1. The summed E-state index contributed by atoms with van der Waals surface area (Å²) < 4.78 is 0. The van der Waals surface area contributed by atoms with E-state index in [0.717, 1.165) is 19.3 Å². The molecule has 1 aromatic rings. The molecule has 2 heteroatoms. The van der Waals surface area contributed by atoms with Crippen molar-refractivity contribution in [3.05, 3.63) is 24.0 Å². The molecule has 0 bridgehead atoms. The molecule has 2 N–H and O–H groups in total. The van der Waals surface area contributed by atoms with Gasteiger partial charge in [0.15, 0.2) is 0 Å². The summed E-state index contributed by atoms with van der Waals surface area (Å²) in [6, 6.07) is 4.13. The Morgan fingerprint density at radius 1 is 1.58 bits per heavy atom. The fraction of sp³-hybridized carbons (Fsp3) is 0.600. The van der Waals surface area contributed by atoms with Gasteiger partial charge in [0.2, 0.25) is 0 Å². The molecule has 1 unspecified atom stereocenters. The van der Waals surface area contributed by atoms with Crippen LogP contribution >= 0.6 is 0 Å². The van der Waals surface area contributed by atoms with Crippen molar-refractivity contribution in [2.24, 2.45) is 5.92 Å². The quantitative estimate of drug-likeness (QED) is 0.691. The first-order valence-electron chi connectivity index (χ1n) is 4.56. The normalized spacial score (nSPS) is 13.2. The van der Waals surface area contributed by atoms with Gasteiger partial charge in [-0.05, 0) is 37.3 Å². The topological polar surface area (TPSA) is 36.0 Å². The number of hydrogen-bond donors (Lipinski definition) is 2. The second-order valence-electron chi connectivity index (χ2n) is 3.37. The van der Waals surface area contributed by atoms with Crippen molar-refractivity contribution in [3.63, 3.8) is 0 Å². The molecule has 0 aliphatic rings. The summed E-state index contributed by atoms with van der Waals surface area (Å²) in [7, 11) is 0. The highest BCUT2D eigenvalue weighted by Crippen LogP contribution is 2.11. The van der Waals surface area contributed by atoms with Crippen LogP contribution in [-0.2, 0) is 6.42 Å². The Balaban J connectivity index is 2.22. The molecule has 1 rings (SSSR count). The molecule has 0 aliphatic carbocycles. The number of nitrogens with one attached hydrogen (secondary N) is 1. The number of rotatable bonds is 5. The number of aliphatic hydroxyl groups is 1. The predicted octanol–water partition coefficient (Wildman–Crippen LogP) is 1.97. The third-order valence-electron chi connectivity index (χ3n) is 2.09. The molecular formula is C10H17NO. The van der Waals surface area contributed by atoms with E-state index in [1.165, 1.54) is 5.69 Å². The van der Waals surface area contributed by atoms with Crippen LogP contribution in [0.25, 0.3) is 0 Å². The Kier molecular flexibility index (Phi) is 3.88. The summed E-state index contributed by atoms with van der Waals surface area (Å²) in [6.07, 6.45) is 5.07. The zero-order valence-corrected chi connectivity index (χ0v) is 7.59. The van der Waals surface area contributed by atoms with E-state index in [0.29, 0.717) is 12.5 Å². The summed E-state index contributed by atoms with van der Waals surface area (Å²) in [6.45, 7) is 2.53. The van der Waals surface area contributed by atoms with Crippen LogP contribution in [0.15, 0.2) is 18.3 Å². The molecular weight excluding hydrogens is 150 g/mol. The third-order valence-corrected chi connectivity index (χ3v) is 2.09. The molecule has 0 aromatic carbocycles. The van der Waals surface area contributed by atoms with Gasteiger partial charge in [0.05, 0.1) is 0 Å². The van der Waals surface area contributed by atoms with Crippen molar-refractivity contribution in [3.8, 4) is 0 Å². The molecule has 0 spiro atoms. The van der Waals surface area contributed by atoms with Crippen molar-refractivity contribution in [2.75, 3.05) is 6.61 Å². The zero-order valence-electron chi connectivity index (χ0n) is 7.59. The van der Waals surface area contributed by atoms with E-state index in [4.69, 9.17) is 5.11 Å². The lowest BCUT2D eigenvalue weighted by Crippen LogP contribution is -2.01. The molecule has 0 aliphatic heterocycles. The molecule has 0 fully saturated rings. The van der Waals surface area contributed by atoms with E-state index < -0.39 is 0 Å². The average Bonchev–Trinajstić information content (AvgIpc) is 2.53. The van der Waals surface area contributed by atoms with Gasteiger partial charge in [0, 0.05) is 18.5 Å². The van der Waals surface area contributed by atoms with Gasteiger partial charge >= 0.3 is 0 Å². The van der Waals surface area contributed by atoms with E-state index in [9.17, 15) is 0 Å². The Morgan fingerprint density at radius 3 is 3.00 bits per heavy atom. The van der Waals surface area contributed by atoms with Gasteiger partial charge in [-0.1, -0.05) is 6.92 Å². The Hall–Kier alpha value is -0.760. The number of aliphatic hydroxyl groups excluding tert-OH is 1. The van der Waals surface area contributed by atoms with Crippen LogP contribution in [0.5, 0.6) is 0 Å². The summed E-state index contributed by atoms with van der Waals surface area (Å²) in [5.74, 6) is 0.663. The summed E-state index contributed by atoms with van der Waals surface area (Å²) in [4.78, 5) is 3.18. The Bertz CT molecular complexity index is 194. The first-order valence-corrected chi connectivity index (χ1v) is 4.56. The van der Waals surface area contributed by atoms with Crippen molar-refractivity contribution in [2.45, 2.75) is 26.2 Å². The van der Waals surface area contributed by atoms with Crippen LogP contribution < -0.4 is 0 Å². The number of aromatic nitrogens is 1. The maximum Gasteiger partial charge on any atom is 0.0431 e.